The van der Waals surface area contributed by atoms with Crippen LogP contribution >= 0.6 is 11.8 Å². The zero-order valence-electron chi connectivity index (χ0n) is 16.8. The molecule has 6 nitrogen and oxygen atoms in total. The van der Waals surface area contributed by atoms with E-state index < -0.39 is 0 Å². The molecular formula is C21H26N4O2S. The smallest absolute Gasteiger partial charge is 0.196 e. The van der Waals surface area contributed by atoms with E-state index in [0.29, 0.717) is 12.4 Å². The summed E-state index contributed by atoms with van der Waals surface area (Å²) in [6.45, 7) is 7.53. The van der Waals surface area contributed by atoms with Crippen molar-refractivity contribution >= 4 is 17.5 Å². The Morgan fingerprint density at radius 1 is 1.14 bits per heavy atom. The number of Topliss-reactive ketones (excluding diaryl/α,β-unsaturated/α-hetero) is 1. The molecule has 0 saturated heterocycles. The molecule has 0 fully saturated rings. The van der Waals surface area contributed by atoms with Gasteiger partial charge in [-0.2, -0.15) is 0 Å². The molecule has 148 valence electrons. The molecule has 0 aliphatic carbocycles. The lowest BCUT2D eigenvalue weighted by Gasteiger charge is -2.09. The van der Waals surface area contributed by atoms with E-state index in [4.69, 9.17) is 4.74 Å². The number of benzene rings is 1. The first-order chi connectivity index (χ1) is 13.5. The van der Waals surface area contributed by atoms with Gasteiger partial charge in [-0.05, 0) is 45.4 Å². The Kier molecular flexibility index (Phi) is 6.70. The van der Waals surface area contributed by atoms with Crippen molar-refractivity contribution in [2.24, 2.45) is 0 Å². The number of rotatable bonds is 9. The van der Waals surface area contributed by atoms with Gasteiger partial charge >= 0.3 is 0 Å². The molecule has 3 aromatic rings. The number of carbonyl (C=O) groups excluding carboxylic acids is 1. The Morgan fingerprint density at radius 3 is 2.61 bits per heavy atom. The van der Waals surface area contributed by atoms with Gasteiger partial charge in [0, 0.05) is 42.9 Å². The van der Waals surface area contributed by atoms with Gasteiger partial charge in [-0.1, -0.05) is 30.0 Å². The van der Waals surface area contributed by atoms with Crippen LogP contribution in [0.3, 0.4) is 0 Å². The monoisotopic (exact) mass is 398 g/mol. The number of nitrogens with zero attached hydrogens (tertiary/aromatic N) is 4. The molecule has 2 heterocycles. The number of thioether (sulfide) groups is 1. The van der Waals surface area contributed by atoms with Crippen LogP contribution in [0.15, 0.2) is 41.6 Å². The average molecular weight is 399 g/mol. The zero-order chi connectivity index (χ0) is 20.1. The fourth-order valence-electron chi connectivity index (χ4n) is 3.31. The van der Waals surface area contributed by atoms with Crippen molar-refractivity contribution in [1.82, 2.24) is 19.3 Å². The summed E-state index contributed by atoms with van der Waals surface area (Å²) < 4.78 is 9.30. The maximum atomic E-state index is 12.9. The van der Waals surface area contributed by atoms with Crippen molar-refractivity contribution in [2.45, 2.75) is 38.9 Å². The van der Waals surface area contributed by atoms with E-state index in [-0.39, 0.29) is 5.78 Å². The van der Waals surface area contributed by atoms with Crippen LogP contribution in [0.4, 0.5) is 0 Å². The highest BCUT2D eigenvalue weighted by atomic mass is 32.2. The van der Waals surface area contributed by atoms with Gasteiger partial charge < -0.3 is 9.30 Å². The summed E-state index contributed by atoms with van der Waals surface area (Å²) in [5, 5.41) is 9.17. The van der Waals surface area contributed by atoms with Crippen molar-refractivity contribution in [3.63, 3.8) is 0 Å². The van der Waals surface area contributed by atoms with Gasteiger partial charge in [-0.15, -0.1) is 10.2 Å². The standard InChI is InChI=1S/C21H26N4O2S/c1-15-13-19(16(2)24(15)11-8-12-27-4)20(26)14-28-21-23-22-17(3)25(21)18-9-6-5-7-10-18/h5-7,9-10,13H,8,11-12,14H2,1-4H3. The summed E-state index contributed by atoms with van der Waals surface area (Å²) in [4.78, 5) is 12.9. The Bertz CT molecular complexity index is 947. The number of carbonyl (C=O) groups is 1. The van der Waals surface area contributed by atoms with Gasteiger partial charge in [0.1, 0.15) is 5.82 Å². The van der Waals surface area contributed by atoms with Gasteiger partial charge in [0.2, 0.25) is 0 Å². The molecule has 0 aliphatic rings. The maximum absolute atomic E-state index is 12.9. The molecule has 0 saturated carbocycles. The molecular weight excluding hydrogens is 372 g/mol. The van der Waals surface area contributed by atoms with E-state index in [1.807, 2.05) is 61.7 Å². The summed E-state index contributed by atoms with van der Waals surface area (Å²) in [6.07, 6.45) is 0.925. The molecule has 0 radical (unpaired) electrons. The van der Waals surface area contributed by atoms with Gasteiger partial charge in [0.15, 0.2) is 10.9 Å². The number of hydrogen-bond acceptors (Lipinski definition) is 5. The molecule has 0 unspecified atom stereocenters. The van der Waals surface area contributed by atoms with Crippen molar-refractivity contribution in [3.8, 4) is 5.69 Å². The molecule has 0 atom stereocenters. The first-order valence-electron chi connectivity index (χ1n) is 9.32. The SMILES string of the molecule is COCCCn1c(C)cc(C(=O)CSc2nnc(C)n2-c2ccccc2)c1C. The van der Waals surface area contributed by atoms with E-state index in [9.17, 15) is 4.79 Å². The minimum atomic E-state index is 0.108. The molecule has 0 amide bonds. The van der Waals surface area contributed by atoms with Crippen LogP contribution in [-0.4, -0.2) is 44.6 Å². The number of para-hydroxylation sites is 1. The summed E-state index contributed by atoms with van der Waals surface area (Å²) in [5.41, 5.74) is 3.89. The number of ether oxygens (including phenoxy) is 1. The Labute approximate surface area is 169 Å². The minimum Gasteiger partial charge on any atom is -0.385 e. The second kappa shape index (κ2) is 9.21. The second-order valence-electron chi connectivity index (χ2n) is 6.70. The first kappa shape index (κ1) is 20.4. The van der Waals surface area contributed by atoms with Crippen LogP contribution in [0.25, 0.3) is 5.69 Å². The molecule has 3 rings (SSSR count). The lowest BCUT2D eigenvalue weighted by Crippen LogP contribution is -2.08. The van der Waals surface area contributed by atoms with Crippen LogP contribution in [-0.2, 0) is 11.3 Å². The van der Waals surface area contributed by atoms with Crippen LogP contribution < -0.4 is 0 Å². The lowest BCUT2D eigenvalue weighted by molar-refractivity contribution is 0.102. The van der Waals surface area contributed by atoms with E-state index in [2.05, 4.69) is 14.8 Å². The molecule has 0 aliphatic heterocycles. The highest BCUT2D eigenvalue weighted by molar-refractivity contribution is 7.99. The topological polar surface area (TPSA) is 61.9 Å². The van der Waals surface area contributed by atoms with E-state index in [1.165, 1.54) is 11.8 Å². The van der Waals surface area contributed by atoms with Crippen LogP contribution in [0.5, 0.6) is 0 Å². The maximum Gasteiger partial charge on any atom is 0.196 e. The van der Waals surface area contributed by atoms with Crippen LogP contribution in [0.2, 0.25) is 0 Å². The lowest BCUT2D eigenvalue weighted by atomic mass is 10.2. The fraction of sp³-hybridized carbons (Fsp3) is 0.381. The molecule has 1 aromatic carbocycles. The van der Waals surface area contributed by atoms with Crippen LogP contribution in [0.1, 0.15) is 34.0 Å². The minimum absolute atomic E-state index is 0.108. The number of aryl methyl sites for hydroxylation is 2. The molecule has 0 N–H and O–H groups in total. The zero-order valence-corrected chi connectivity index (χ0v) is 17.6. The van der Waals surface area contributed by atoms with E-state index in [0.717, 1.165) is 46.6 Å². The van der Waals surface area contributed by atoms with Crippen molar-refractivity contribution in [2.75, 3.05) is 19.5 Å². The highest BCUT2D eigenvalue weighted by Crippen LogP contribution is 2.24. The number of ketones is 1. The van der Waals surface area contributed by atoms with Crippen molar-refractivity contribution in [3.05, 3.63) is 59.2 Å². The van der Waals surface area contributed by atoms with Crippen LogP contribution in [0, 0.1) is 20.8 Å². The summed E-state index contributed by atoms with van der Waals surface area (Å²) in [7, 11) is 1.71. The van der Waals surface area contributed by atoms with Gasteiger partial charge in [-0.25, -0.2) is 0 Å². The number of methoxy groups -OCH3 is 1. The predicted octanol–water partition coefficient (Wildman–Crippen LogP) is 4.01. The average Bonchev–Trinajstić information content (AvgIpc) is 3.21. The fourth-order valence-corrected chi connectivity index (χ4v) is 4.19. The summed E-state index contributed by atoms with van der Waals surface area (Å²) in [6, 6.07) is 11.9. The first-order valence-corrected chi connectivity index (χ1v) is 10.3. The van der Waals surface area contributed by atoms with Gasteiger partial charge in [0.05, 0.1) is 5.75 Å². The summed E-state index contributed by atoms with van der Waals surface area (Å²) in [5.74, 6) is 1.24. The Hall–Kier alpha value is -2.38. The normalized spacial score (nSPS) is 11.1. The third-order valence-corrected chi connectivity index (χ3v) is 5.68. The molecule has 0 bridgehead atoms. The molecule has 7 heteroatoms. The molecule has 28 heavy (non-hydrogen) atoms. The largest absolute Gasteiger partial charge is 0.385 e. The predicted molar refractivity (Wildman–Crippen MR) is 112 cm³/mol. The van der Waals surface area contributed by atoms with E-state index in [1.54, 1.807) is 7.11 Å². The quantitative estimate of drug-likeness (QED) is 0.310. The molecule has 2 aromatic heterocycles. The third kappa shape index (κ3) is 4.36. The Balaban J connectivity index is 1.73. The second-order valence-corrected chi connectivity index (χ2v) is 7.64. The van der Waals surface area contributed by atoms with Gasteiger partial charge in [-0.3, -0.25) is 9.36 Å². The highest BCUT2D eigenvalue weighted by Gasteiger charge is 2.18. The van der Waals surface area contributed by atoms with Crippen molar-refractivity contribution in [1.29, 1.82) is 0 Å². The number of hydrogen-bond donors (Lipinski definition) is 0. The third-order valence-electron chi connectivity index (χ3n) is 4.75. The van der Waals surface area contributed by atoms with Crippen molar-refractivity contribution < 1.29 is 9.53 Å². The van der Waals surface area contributed by atoms with E-state index >= 15 is 0 Å². The molecule has 0 spiro atoms. The summed E-state index contributed by atoms with van der Waals surface area (Å²) >= 11 is 1.42. The van der Waals surface area contributed by atoms with Gasteiger partial charge in [0.25, 0.3) is 0 Å². The number of aromatic nitrogens is 4. The Morgan fingerprint density at radius 2 is 1.89 bits per heavy atom.